The molecule has 3 nitrogen and oxygen atoms in total. The van der Waals surface area contributed by atoms with Gasteiger partial charge in [0.2, 0.25) is 0 Å². The zero-order chi connectivity index (χ0) is 18.5. The number of methoxy groups -OCH3 is 1. The molecule has 0 aliphatic carbocycles. The van der Waals surface area contributed by atoms with E-state index >= 15 is 0 Å². The van der Waals surface area contributed by atoms with E-state index in [-0.39, 0.29) is 0 Å². The molecule has 0 aliphatic heterocycles. The molecule has 0 atom stereocenters. The molecular formula is C24H22N2O. The lowest BCUT2D eigenvalue weighted by Crippen LogP contribution is -2.03. The minimum atomic E-state index is 0.844. The Morgan fingerprint density at radius 3 is 2.48 bits per heavy atom. The van der Waals surface area contributed by atoms with E-state index in [4.69, 9.17) is 4.74 Å². The number of hydrogen-bond donors (Lipinski definition) is 0. The Bertz CT molecular complexity index is 1020. The zero-order valence-electron chi connectivity index (χ0n) is 15.4. The van der Waals surface area contributed by atoms with Crippen LogP contribution >= 0.6 is 0 Å². The summed E-state index contributed by atoms with van der Waals surface area (Å²) in [5, 5.41) is 0. The first-order chi connectivity index (χ1) is 13.3. The Balaban J connectivity index is 1.59. The average molecular weight is 354 g/mol. The molecule has 0 N–H and O–H groups in total. The first-order valence-electron chi connectivity index (χ1n) is 9.14. The van der Waals surface area contributed by atoms with Crippen LogP contribution in [0.1, 0.15) is 5.56 Å². The molecule has 1 aromatic heterocycles. The van der Waals surface area contributed by atoms with Crippen molar-refractivity contribution in [2.24, 2.45) is 0 Å². The van der Waals surface area contributed by atoms with Gasteiger partial charge in [-0.3, -0.25) is 0 Å². The summed E-state index contributed by atoms with van der Waals surface area (Å²) < 4.78 is 7.55. The molecule has 0 radical (unpaired) electrons. The maximum Gasteiger partial charge on any atom is 0.140 e. The highest BCUT2D eigenvalue weighted by Gasteiger charge is 2.09. The standard InChI is InChI=1S/C24H22N2O/c1-27-22-12-7-11-21(18-22)24-25-15-17-26(24)16-14-20-10-5-6-13-23(20)19-8-3-2-4-9-19/h2-13,15,17-18H,14,16H2,1H3. The fourth-order valence-corrected chi connectivity index (χ4v) is 3.39. The molecule has 0 saturated heterocycles. The van der Waals surface area contributed by atoms with Crippen LogP contribution in [0.5, 0.6) is 5.75 Å². The summed E-state index contributed by atoms with van der Waals surface area (Å²) >= 11 is 0. The number of hydrogen-bond acceptors (Lipinski definition) is 2. The second-order valence-electron chi connectivity index (χ2n) is 6.45. The van der Waals surface area contributed by atoms with Gasteiger partial charge in [-0.2, -0.15) is 0 Å². The van der Waals surface area contributed by atoms with E-state index in [1.54, 1.807) is 7.11 Å². The highest BCUT2D eigenvalue weighted by Crippen LogP contribution is 2.26. The maximum atomic E-state index is 5.35. The summed E-state index contributed by atoms with van der Waals surface area (Å²) in [6.07, 6.45) is 4.84. The maximum absolute atomic E-state index is 5.35. The molecule has 0 fully saturated rings. The van der Waals surface area contributed by atoms with Crippen molar-refractivity contribution in [2.45, 2.75) is 13.0 Å². The van der Waals surface area contributed by atoms with Crippen LogP contribution in [0.3, 0.4) is 0 Å². The van der Waals surface area contributed by atoms with Gasteiger partial charge in [0.1, 0.15) is 11.6 Å². The normalized spacial score (nSPS) is 10.7. The molecule has 4 aromatic rings. The van der Waals surface area contributed by atoms with Gasteiger partial charge < -0.3 is 9.30 Å². The van der Waals surface area contributed by atoms with E-state index in [0.717, 1.165) is 30.1 Å². The van der Waals surface area contributed by atoms with Gasteiger partial charge in [0, 0.05) is 24.5 Å². The number of imidazole rings is 1. The summed E-state index contributed by atoms with van der Waals surface area (Å²) in [5.74, 6) is 1.81. The predicted octanol–water partition coefficient (Wildman–Crippen LogP) is 5.47. The first-order valence-corrected chi connectivity index (χ1v) is 9.14. The Morgan fingerprint density at radius 1 is 0.852 bits per heavy atom. The Kier molecular flexibility index (Phi) is 5.01. The van der Waals surface area contributed by atoms with Crippen molar-refractivity contribution in [3.63, 3.8) is 0 Å². The van der Waals surface area contributed by atoms with Crippen molar-refractivity contribution in [3.05, 3.63) is 96.8 Å². The number of nitrogens with zero attached hydrogens (tertiary/aromatic N) is 2. The van der Waals surface area contributed by atoms with Gasteiger partial charge in [-0.25, -0.2) is 4.98 Å². The highest BCUT2D eigenvalue weighted by molar-refractivity contribution is 5.67. The summed E-state index contributed by atoms with van der Waals surface area (Å²) in [6.45, 7) is 0.871. The van der Waals surface area contributed by atoms with Crippen LogP contribution < -0.4 is 4.74 Å². The summed E-state index contributed by atoms with van der Waals surface area (Å²) in [4.78, 5) is 4.56. The van der Waals surface area contributed by atoms with Crippen molar-refractivity contribution in [2.75, 3.05) is 7.11 Å². The lowest BCUT2D eigenvalue weighted by atomic mass is 9.98. The quantitative estimate of drug-likeness (QED) is 0.459. The summed E-state index contributed by atoms with van der Waals surface area (Å²) in [6, 6.07) is 27.2. The van der Waals surface area contributed by atoms with E-state index in [9.17, 15) is 0 Å². The molecule has 0 aliphatic rings. The van der Waals surface area contributed by atoms with Crippen LogP contribution in [0.4, 0.5) is 0 Å². The fraction of sp³-hybridized carbons (Fsp3) is 0.125. The van der Waals surface area contributed by atoms with Crippen LogP contribution in [0.15, 0.2) is 91.3 Å². The molecule has 3 heteroatoms. The fourth-order valence-electron chi connectivity index (χ4n) is 3.39. The van der Waals surface area contributed by atoms with Gasteiger partial charge in [-0.15, -0.1) is 0 Å². The molecule has 4 rings (SSSR count). The number of ether oxygens (including phenoxy) is 1. The molecule has 134 valence electrons. The van der Waals surface area contributed by atoms with Crippen LogP contribution in [0.25, 0.3) is 22.5 Å². The van der Waals surface area contributed by atoms with E-state index in [1.165, 1.54) is 16.7 Å². The number of benzene rings is 3. The Hall–Kier alpha value is -3.33. The lowest BCUT2D eigenvalue weighted by Gasteiger charge is -2.12. The second-order valence-corrected chi connectivity index (χ2v) is 6.45. The summed E-state index contributed by atoms with van der Waals surface area (Å²) in [7, 11) is 1.69. The molecule has 0 amide bonds. The number of rotatable bonds is 6. The monoisotopic (exact) mass is 354 g/mol. The minimum absolute atomic E-state index is 0.844. The van der Waals surface area contributed by atoms with Gasteiger partial charge in [-0.05, 0) is 35.2 Å². The molecule has 0 spiro atoms. The van der Waals surface area contributed by atoms with Gasteiger partial charge in [0.15, 0.2) is 0 Å². The van der Waals surface area contributed by atoms with E-state index in [2.05, 4.69) is 70.2 Å². The average Bonchev–Trinajstić information content (AvgIpc) is 3.22. The van der Waals surface area contributed by atoms with Crippen LogP contribution in [-0.2, 0) is 13.0 Å². The lowest BCUT2D eigenvalue weighted by molar-refractivity contribution is 0.415. The number of aromatic nitrogens is 2. The third-order valence-electron chi connectivity index (χ3n) is 4.77. The van der Waals surface area contributed by atoms with Crippen molar-refractivity contribution < 1.29 is 4.74 Å². The Labute approximate surface area is 159 Å². The summed E-state index contributed by atoms with van der Waals surface area (Å²) in [5.41, 5.74) is 4.96. The minimum Gasteiger partial charge on any atom is -0.497 e. The van der Waals surface area contributed by atoms with Crippen molar-refractivity contribution >= 4 is 0 Å². The first kappa shape index (κ1) is 17.1. The predicted molar refractivity (Wildman–Crippen MR) is 110 cm³/mol. The second kappa shape index (κ2) is 7.92. The van der Waals surface area contributed by atoms with E-state index in [0.29, 0.717) is 0 Å². The highest BCUT2D eigenvalue weighted by atomic mass is 16.5. The van der Waals surface area contributed by atoms with Gasteiger partial charge in [0.05, 0.1) is 7.11 Å². The molecule has 3 aromatic carbocycles. The molecule has 0 saturated carbocycles. The SMILES string of the molecule is COc1cccc(-c2nccn2CCc2ccccc2-c2ccccc2)c1. The van der Waals surface area contributed by atoms with Gasteiger partial charge in [0.25, 0.3) is 0 Å². The van der Waals surface area contributed by atoms with Crippen molar-refractivity contribution in [1.29, 1.82) is 0 Å². The molecule has 27 heavy (non-hydrogen) atoms. The van der Waals surface area contributed by atoms with Crippen molar-refractivity contribution in [3.8, 4) is 28.3 Å². The van der Waals surface area contributed by atoms with Gasteiger partial charge in [-0.1, -0.05) is 66.7 Å². The number of aryl methyl sites for hydroxylation is 2. The van der Waals surface area contributed by atoms with Crippen LogP contribution in [-0.4, -0.2) is 16.7 Å². The molecule has 0 unspecified atom stereocenters. The van der Waals surface area contributed by atoms with Crippen LogP contribution in [0.2, 0.25) is 0 Å². The molecule has 1 heterocycles. The largest absolute Gasteiger partial charge is 0.497 e. The third kappa shape index (κ3) is 3.77. The van der Waals surface area contributed by atoms with E-state index in [1.807, 2.05) is 30.6 Å². The molecule has 0 bridgehead atoms. The molecular weight excluding hydrogens is 332 g/mol. The van der Waals surface area contributed by atoms with Crippen molar-refractivity contribution in [1.82, 2.24) is 9.55 Å². The smallest absolute Gasteiger partial charge is 0.140 e. The van der Waals surface area contributed by atoms with Gasteiger partial charge >= 0.3 is 0 Å². The topological polar surface area (TPSA) is 27.1 Å². The zero-order valence-corrected chi connectivity index (χ0v) is 15.4. The Morgan fingerprint density at radius 2 is 1.63 bits per heavy atom. The third-order valence-corrected chi connectivity index (χ3v) is 4.77. The van der Waals surface area contributed by atoms with Crippen LogP contribution in [0, 0.1) is 0 Å². The van der Waals surface area contributed by atoms with E-state index < -0.39 is 0 Å².